The second-order valence-corrected chi connectivity index (χ2v) is 4.37. The van der Waals surface area contributed by atoms with Gasteiger partial charge in [0.05, 0.1) is 12.2 Å². The zero-order valence-electron chi connectivity index (χ0n) is 8.45. The zero-order valence-corrected chi connectivity index (χ0v) is 8.45. The molecule has 0 spiro atoms. The summed E-state index contributed by atoms with van der Waals surface area (Å²) >= 11 is 0. The van der Waals surface area contributed by atoms with Crippen molar-refractivity contribution < 1.29 is 9.84 Å². The van der Waals surface area contributed by atoms with Crippen molar-refractivity contribution in [3.05, 3.63) is 0 Å². The largest absolute Gasteiger partial charge is 0.390 e. The van der Waals surface area contributed by atoms with Gasteiger partial charge in [0.25, 0.3) is 0 Å². The molecule has 0 aromatic heterocycles. The molecule has 12 heavy (non-hydrogen) atoms. The number of hydrogen-bond donors (Lipinski definition) is 1. The summed E-state index contributed by atoms with van der Waals surface area (Å²) in [7, 11) is 0. The van der Waals surface area contributed by atoms with Crippen molar-refractivity contribution >= 4 is 0 Å². The fourth-order valence-electron chi connectivity index (χ4n) is 1.74. The van der Waals surface area contributed by atoms with Crippen molar-refractivity contribution in [3.8, 4) is 0 Å². The Kier molecular flexibility index (Phi) is 3.13. The lowest BCUT2D eigenvalue weighted by Gasteiger charge is -2.39. The van der Waals surface area contributed by atoms with Gasteiger partial charge >= 0.3 is 0 Å². The molecule has 1 rings (SSSR count). The Balaban J connectivity index is 2.58. The Hall–Kier alpha value is -0.0800. The van der Waals surface area contributed by atoms with Crippen LogP contribution in [0.2, 0.25) is 0 Å². The van der Waals surface area contributed by atoms with Crippen LogP contribution in [0.5, 0.6) is 0 Å². The second kappa shape index (κ2) is 3.75. The summed E-state index contributed by atoms with van der Waals surface area (Å²) in [6, 6.07) is 0. The van der Waals surface area contributed by atoms with Crippen molar-refractivity contribution in [2.24, 2.45) is 17.8 Å². The van der Waals surface area contributed by atoms with E-state index in [1.165, 1.54) is 0 Å². The molecule has 1 N–H and O–H groups in total. The molecule has 0 radical (unpaired) electrons. The van der Waals surface area contributed by atoms with Crippen LogP contribution in [0.15, 0.2) is 0 Å². The van der Waals surface area contributed by atoms with Gasteiger partial charge in [0.2, 0.25) is 0 Å². The summed E-state index contributed by atoms with van der Waals surface area (Å²) in [5, 5.41) is 9.85. The van der Waals surface area contributed by atoms with Gasteiger partial charge in [0, 0.05) is 6.61 Å². The normalized spacial score (nSPS) is 43.5. The van der Waals surface area contributed by atoms with E-state index in [1.807, 2.05) is 0 Å². The lowest BCUT2D eigenvalue weighted by molar-refractivity contribution is -0.141. The SMILES string of the molecule is CC(C)C1OC[C@@H](C)[C@H](C)[C@H]1O. The van der Waals surface area contributed by atoms with E-state index in [-0.39, 0.29) is 12.2 Å². The molecule has 2 nitrogen and oxygen atoms in total. The third-order valence-electron chi connectivity index (χ3n) is 2.98. The maximum absolute atomic E-state index is 9.85. The molecular formula is C10H20O2. The molecular weight excluding hydrogens is 152 g/mol. The van der Waals surface area contributed by atoms with Crippen molar-refractivity contribution in [2.45, 2.75) is 39.9 Å². The lowest BCUT2D eigenvalue weighted by atomic mass is 9.82. The van der Waals surface area contributed by atoms with E-state index in [9.17, 15) is 5.11 Å². The number of ether oxygens (including phenoxy) is 1. The molecule has 0 bridgehead atoms. The summed E-state index contributed by atoms with van der Waals surface area (Å²) in [6.45, 7) is 9.21. The van der Waals surface area contributed by atoms with Gasteiger partial charge in [-0.25, -0.2) is 0 Å². The molecule has 0 amide bonds. The van der Waals surface area contributed by atoms with Gasteiger partial charge in [-0.2, -0.15) is 0 Å². The average Bonchev–Trinajstić information content (AvgIpc) is 2.00. The summed E-state index contributed by atoms with van der Waals surface area (Å²) in [6.07, 6.45) is -0.245. The zero-order chi connectivity index (χ0) is 9.30. The Bertz CT molecular complexity index is 145. The third-order valence-corrected chi connectivity index (χ3v) is 2.98. The van der Waals surface area contributed by atoms with Crippen LogP contribution in [0.25, 0.3) is 0 Å². The van der Waals surface area contributed by atoms with E-state index >= 15 is 0 Å². The average molecular weight is 172 g/mol. The highest BCUT2D eigenvalue weighted by molar-refractivity contribution is 4.83. The quantitative estimate of drug-likeness (QED) is 0.652. The number of aliphatic hydroxyl groups excluding tert-OH is 1. The highest BCUT2D eigenvalue weighted by Gasteiger charge is 2.35. The van der Waals surface area contributed by atoms with Gasteiger partial charge < -0.3 is 9.84 Å². The number of rotatable bonds is 1. The smallest absolute Gasteiger partial charge is 0.0859 e. The second-order valence-electron chi connectivity index (χ2n) is 4.37. The minimum atomic E-state index is -0.284. The lowest BCUT2D eigenvalue weighted by Crippen LogP contribution is -2.46. The fraction of sp³-hybridized carbons (Fsp3) is 1.00. The van der Waals surface area contributed by atoms with Gasteiger partial charge in [-0.05, 0) is 17.8 Å². The molecule has 0 aromatic rings. The van der Waals surface area contributed by atoms with Gasteiger partial charge in [-0.3, -0.25) is 0 Å². The highest BCUT2D eigenvalue weighted by atomic mass is 16.5. The van der Waals surface area contributed by atoms with E-state index in [1.54, 1.807) is 0 Å². The Morgan fingerprint density at radius 2 is 1.92 bits per heavy atom. The van der Waals surface area contributed by atoms with Gasteiger partial charge in [-0.15, -0.1) is 0 Å². The minimum absolute atomic E-state index is 0.0381. The van der Waals surface area contributed by atoms with Crippen LogP contribution >= 0.6 is 0 Å². The molecule has 1 saturated heterocycles. The maximum Gasteiger partial charge on any atom is 0.0859 e. The molecule has 0 aliphatic carbocycles. The fourth-order valence-corrected chi connectivity index (χ4v) is 1.74. The van der Waals surface area contributed by atoms with Gasteiger partial charge in [0.15, 0.2) is 0 Å². The first kappa shape index (κ1) is 10.0. The Labute approximate surface area is 74.9 Å². The summed E-state index contributed by atoms with van der Waals surface area (Å²) in [4.78, 5) is 0. The molecule has 1 heterocycles. The first-order chi connectivity index (χ1) is 5.54. The van der Waals surface area contributed by atoms with E-state index in [0.29, 0.717) is 17.8 Å². The monoisotopic (exact) mass is 172 g/mol. The standard InChI is InChI=1S/C10H20O2/c1-6(2)10-9(11)8(4)7(3)5-12-10/h6-11H,5H2,1-4H3/t7-,8+,9-,10?/m1/s1. The van der Waals surface area contributed by atoms with Crippen LogP contribution in [0.1, 0.15) is 27.7 Å². The number of hydrogen-bond acceptors (Lipinski definition) is 2. The van der Waals surface area contributed by atoms with Crippen molar-refractivity contribution in [3.63, 3.8) is 0 Å². The van der Waals surface area contributed by atoms with Crippen molar-refractivity contribution in [2.75, 3.05) is 6.61 Å². The van der Waals surface area contributed by atoms with Crippen LogP contribution < -0.4 is 0 Å². The van der Waals surface area contributed by atoms with E-state index in [2.05, 4.69) is 27.7 Å². The van der Waals surface area contributed by atoms with E-state index in [0.717, 1.165) is 6.61 Å². The Morgan fingerprint density at radius 3 is 2.42 bits per heavy atom. The van der Waals surface area contributed by atoms with Crippen LogP contribution in [0, 0.1) is 17.8 Å². The Morgan fingerprint density at radius 1 is 1.33 bits per heavy atom. The first-order valence-corrected chi connectivity index (χ1v) is 4.83. The highest BCUT2D eigenvalue weighted by Crippen LogP contribution is 2.28. The van der Waals surface area contributed by atoms with E-state index < -0.39 is 0 Å². The molecule has 72 valence electrons. The van der Waals surface area contributed by atoms with Crippen LogP contribution in [-0.4, -0.2) is 23.9 Å². The molecule has 4 atom stereocenters. The van der Waals surface area contributed by atoms with Crippen LogP contribution in [-0.2, 0) is 4.74 Å². The predicted molar refractivity (Wildman–Crippen MR) is 48.9 cm³/mol. The topological polar surface area (TPSA) is 29.5 Å². The molecule has 1 aliphatic heterocycles. The van der Waals surface area contributed by atoms with E-state index in [4.69, 9.17) is 4.74 Å². The first-order valence-electron chi connectivity index (χ1n) is 4.83. The third kappa shape index (κ3) is 1.80. The molecule has 1 fully saturated rings. The van der Waals surface area contributed by atoms with Gasteiger partial charge in [-0.1, -0.05) is 27.7 Å². The number of aliphatic hydroxyl groups is 1. The van der Waals surface area contributed by atoms with Gasteiger partial charge in [0.1, 0.15) is 0 Å². The van der Waals surface area contributed by atoms with Crippen molar-refractivity contribution in [1.82, 2.24) is 0 Å². The minimum Gasteiger partial charge on any atom is -0.390 e. The molecule has 2 heteroatoms. The molecule has 0 aromatic carbocycles. The molecule has 1 unspecified atom stereocenters. The van der Waals surface area contributed by atoms with Crippen LogP contribution in [0.3, 0.4) is 0 Å². The predicted octanol–water partition coefficient (Wildman–Crippen LogP) is 1.67. The summed E-state index contributed by atoms with van der Waals surface area (Å²) in [5.74, 6) is 1.26. The van der Waals surface area contributed by atoms with Crippen molar-refractivity contribution in [1.29, 1.82) is 0 Å². The summed E-state index contributed by atoms with van der Waals surface area (Å²) in [5.41, 5.74) is 0. The summed E-state index contributed by atoms with van der Waals surface area (Å²) < 4.78 is 5.58. The maximum atomic E-state index is 9.85. The van der Waals surface area contributed by atoms with Crippen LogP contribution in [0.4, 0.5) is 0 Å². The molecule has 0 saturated carbocycles. The molecule has 1 aliphatic rings.